The summed E-state index contributed by atoms with van der Waals surface area (Å²) in [7, 11) is 1.64. The smallest absolute Gasteiger partial charge is 0.228 e. The zero-order valence-electron chi connectivity index (χ0n) is 20.4. The molecule has 4 aromatic rings. The van der Waals surface area contributed by atoms with Gasteiger partial charge in [-0.05, 0) is 61.7 Å². The molecule has 1 aliphatic heterocycles. The first-order valence-corrected chi connectivity index (χ1v) is 11.7. The maximum Gasteiger partial charge on any atom is 0.228 e. The van der Waals surface area contributed by atoms with Crippen LogP contribution in [0.4, 0.5) is 5.69 Å². The van der Waals surface area contributed by atoms with Gasteiger partial charge in [-0.3, -0.25) is 4.79 Å². The number of rotatable bonds is 4. The molecule has 5 rings (SSSR count). The number of anilines is 1. The minimum Gasteiger partial charge on any atom is -0.493 e. The lowest BCUT2D eigenvalue weighted by atomic mass is 9.92. The number of carbonyl (C=O) groups is 1. The lowest BCUT2D eigenvalue weighted by molar-refractivity contribution is -0.115. The number of nitrogens with one attached hydrogen (secondary N) is 1. The van der Waals surface area contributed by atoms with Crippen LogP contribution in [0.2, 0.25) is 0 Å². The van der Waals surface area contributed by atoms with Gasteiger partial charge in [-0.2, -0.15) is 0 Å². The van der Waals surface area contributed by atoms with Crippen LogP contribution in [-0.4, -0.2) is 23.6 Å². The summed E-state index contributed by atoms with van der Waals surface area (Å²) < 4.78 is 11.8. The summed E-state index contributed by atoms with van der Waals surface area (Å²) in [6.07, 6.45) is 0.226. The van der Waals surface area contributed by atoms with Crippen molar-refractivity contribution >= 4 is 11.6 Å². The van der Waals surface area contributed by atoms with E-state index in [-0.39, 0.29) is 17.9 Å². The van der Waals surface area contributed by atoms with Crippen LogP contribution in [0.1, 0.15) is 26.3 Å². The monoisotopic (exact) mass is 464 g/mol. The predicted octanol–water partition coefficient (Wildman–Crippen LogP) is 6.76. The zero-order chi connectivity index (χ0) is 24.6. The summed E-state index contributed by atoms with van der Waals surface area (Å²) in [5, 5.41) is 3.04. The third kappa shape index (κ3) is 4.62. The van der Waals surface area contributed by atoms with Crippen LogP contribution in [0.5, 0.6) is 11.5 Å². The fraction of sp³-hybridized carbons (Fsp3) is 0.200. The van der Waals surface area contributed by atoms with Crippen molar-refractivity contribution in [1.29, 1.82) is 0 Å². The average Bonchev–Trinajstić information content (AvgIpc) is 2.98. The quantitative estimate of drug-likeness (QED) is 0.362. The maximum absolute atomic E-state index is 12.9. The van der Waals surface area contributed by atoms with E-state index in [1.807, 2.05) is 93.6 Å². The third-order valence-corrected chi connectivity index (χ3v) is 5.88. The molecular formula is C30H28N2O3. The number of carbonyl (C=O) groups excluding carboxylic acids is 1. The molecule has 3 aromatic carbocycles. The standard InChI is InChI=1S/C30H28N2O3/c1-30(2,3)35-26-15-14-20(16-27(26)34-4)22-17-25(19-10-6-5-7-11-19)32-29-21-12-8-9-13-24(21)31-28(33)18-23(22)29/h5-17H,18H2,1-4H3,(H,31,33). The zero-order valence-corrected chi connectivity index (χ0v) is 20.4. The largest absolute Gasteiger partial charge is 0.493 e. The van der Waals surface area contributed by atoms with Crippen molar-refractivity contribution in [3.8, 4) is 45.1 Å². The van der Waals surface area contributed by atoms with Crippen molar-refractivity contribution in [2.45, 2.75) is 32.8 Å². The number of amides is 1. The number of para-hydroxylation sites is 1. The molecule has 0 fully saturated rings. The first-order chi connectivity index (χ1) is 16.8. The summed E-state index contributed by atoms with van der Waals surface area (Å²) in [5.41, 5.74) is 6.76. The van der Waals surface area contributed by atoms with Gasteiger partial charge in [0.25, 0.3) is 0 Å². The Balaban J connectivity index is 1.76. The highest BCUT2D eigenvalue weighted by atomic mass is 16.5. The van der Waals surface area contributed by atoms with Crippen LogP contribution in [0, 0.1) is 0 Å². The topological polar surface area (TPSA) is 60.5 Å². The summed E-state index contributed by atoms with van der Waals surface area (Å²) in [6.45, 7) is 6.02. The van der Waals surface area contributed by atoms with Crippen molar-refractivity contribution in [1.82, 2.24) is 4.98 Å². The van der Waals surface area contributed by atoms with E-state index in [1.165, 1.54) is 0 Å². The molecule has 0 atom stereocenters. The Morgan fingerprint density at radius 2 is 1.57 bits per heavy atom. The molecule has 0 saturated carbocycles. The molecule has 1 N–H and O–H groups in total. The Labute approximate surface area is 205 Å². The predicted molar refractivity (Wildman–Crippen MR) is 140 cm³/mol. The number of pyridine rings is 1. The summed E-state index contributed by atoms with van der Waals surface area (Å²) in [6, 6.07) is 25.9. The first kappa shape index (κ1) is 22.7. The molecule has 1 aromatic heterocycles. The maximum atomic E-state index is 12.9. The van der Waals surface area contributed by atoms with Gasteiger partial charge in [-0.25, -0.2) is 4.98 Å². The van der Waals surface area contributed by atoms with Gasteiger partial charge in [0.15, 0.2) is 11.5 Å². The highest BCUT2D eigenvalue weighted by Crippen LogP contribution is 2.42. The summed E-state index contributed by atoms with van der Waals surface area (Å²) in [4.78, 5) is 18.0. The molecule has 0 unspecified atom stereocenters. The van der Waals surface area contributed by atoms with E-state index in [2.05, 4.69) is 11.4 Å². The number of benzene rings is 3. The second kappa shape index (κ2) is 8.91. The number of aromatic nitrogens is 1. The fourth-order valence-corrected chi connectivity index (χ4v) is 4.39. The van der Waals surface area contributed by atoms with Crippen molar-refractivity contribution in [2.75, 3.05) is 12.4 Å². The summed E-state index contributed by atoms with van der Waals surface area (Å²) in [5.74, 6) is 1.25. The van der Waals surface area contributed by atoms with Gasteiger partial charge in [0, 0.05) is 11.1 Å². The van der Waals surface area contributed by atoms with Crippen molar-refractivity contribution < 1.29 is 14.3 Å². The number of fused-ring (bicyclic) bond motifs is 3. The Hall–Kier alpha value is -4.12. The molecule has 0 saturated heterocycles. The number of nitrogens with zero attached hydrogens (tertiary/aromatic N) is 1. The highest BCUT2D eigenvalue weighted by Gasteiger charge is 2.25. The first-order valence-electron chi connectivity index (χ1n) is 11.7. The van der Waals surface area contributed by atoms with Crippen LogP contribution in [0.25, 0.3) is 33.6 Å². The Morgan fingerprint density at radius 1 is 0.829 bits per heavy atom. The van der Waals surface area contributed by atoms with Crippen molar-refractivity contribution in [3.63, 3.8) is 0 Å². The average molecular weight is 465 g/mol. The van der Waals surface area contributed by atoms with Crippen LogP contribution in [0.15, 0.2) is 78.9 Å². The Morgan fingerprint density at radius 3 is 2.31 bits per heavy atom. The molecule has 0 aliphatic carbocycles. The van der Waals surface area contributed by atoms with E-state index in [9.17, 15) is 4.79 Å². The van der Waals surface area contributed by atoms with E-state index in [0.717, 1.165) is 44.9 Å². The number of ether oxygens (including phenoxy) is 2. The van der Waals surface area contributed by atoms with Crippen LogP contribution < -0.4 is 14.8 Å². The molecule has 176 valence electrons. The third-order valence-electron chi connectivity index (χ3n) is 5.88. The minimum atomic E-state index is -0.356. The molecule has 1 amide bonds. The molecule has 5 nitrogen and oxygen atoms in total. The second-order valence-electron chi connectivity index (χ2n) is 9.60. The summed E-state index contributed by atoms with van der Waals surface area (Å²) >= 11 is 0. The second-order valence-corrected chi connectivity index (χ2v) is 9.60. The molecule has 2 heterocycles. The van der Waals surface area contributed by atoms with E-state index in [4.69, 9.17) is 14.5 Å². The lowest BCUT2D eigenvalue weighted by Gasteiger charge is -2.23. The van der Waals surface area contributed by atoms with Crippen LogP contribution in [-0.2, 0) is 11.2 Å². The Kier molecular flexibility index (Phi) is 5.77. The molecule has 35 heavy (non-hydrogen) atoms. The minimum absolute atomic E-state index is 0.0636. The molecule has 0 spiro atoms. The molecule has 1 aliphatic rings. The van der Waals surface area contributed by atoms with Gasteiger partial charge in [0.2, 0.25) is 5.91 Å². The fourth-order valence-electron chi connectivity index (χ4n) is 4.39. The molecule has 0 radical (unpaired) electrons. The highest BCUT2D eigenvalue weighted by molar-refractivity contribution is 6.02. The number of hydrogen-bond acceptors (Lipinski definition) is 4. The van der Waals surface area contributed by atoms with Crippen LogP contribution in [0.3, 0.4) is 0 Å². The van der Waals surface area contributed by atoms with Gasteiger partial charge in [-0.15, -0.1) is 0 Å². The normalized spacial score (nSPS) is 12.7. The molecule has 0 bridgehead atoms. The number of methoxy groups -OCH3 is 1. The Bertz CT molecular complexity index is 1410. The van der Waals surface area contributed by atoms with E-state index in [1.54, 1.807) is 7.11 Å². The number of hydrogen-bond donors (Lipinski definition) is 1. The van der Waals surface area contributed by atoms with Gasteiger partial charge in [0.1, 0.15) is 5.60 Å². The van der Waals surface area contributed by atoms with Gasteiger partial charge >= 0.3 is 0 Å². The van der Waals surface area contributed by atoms with Gasteiger partial charge in [0.05, 0.1) is 30.6 Å². The van der Waals surface area contributed by atoms with E-state index < -0.39 is 0 Å². The SMILES string of the molecule is COc1cc(-c2cc(-c3ccccc3)nc3c2CC(=O)Nc2ccccc2-3)ccc1OC(C)(C)C. The van der Waals surface area contributed by atoms with Crippen molar-refractivity contribution in [3.05, 3.63) is 84.4 Å². The van der Waals surface area contributed by atoms with Crippen LogP contribution >= 0.6 is 0 Å². The van der Waals surface area contributed by atoms with Gasteiger partial charge in [-0.1, -0.05) is 54.6 Å². The van der Waals surface area contributed by atoms with Crippen molar-refractivity contribution in [2.24, 2.45) is 0 Å². The van der Waals surface area contributed by atoms with E-state index >= 15 is 0 Å². The van der Waals surface area contributed by atoms with E-state index in [0.29, 0.717) is 11.5 Å². The lowest BCUT2D eigenvalue weighted by Crippen LogP contribution is -2.23. The molecular weight excluding hydrogens is 436 g/mol. The molecule has 5 heteroatoms. The van der Waals surface area contributed by atoms with Gasteiger partial charge < -0.3 is 14.8 Å².